The van der Waals surface area contributed by atoms with Gasteiger partial charge in [-0.2, -0.15) is 4.31 Å². The fourth-order valence-electron chi connectivity index (χ4n) is 3.93. The van der Waals surface area contributed by atoms with Gasteiger partial charge in [-0.3, -0.25) is 9.69 Å². The number of carbonyl (C=O) groups is 1. The molecule has 0 bridgehead atoms. The minimum atomic E-state index is -3.48. The van der Waals surface area contributed by atoms with Crippen molar-refractivity contribution in [1.82, 2.24) is 9.21 Å². The lowest BCUT2D eigenvalue weighted by molar-refractivity contribution is -0.138. The van der Waals surface area contributed by atoms with Crippen LogP contribution in [0.15, 0.2) is 23.1 Å². The van der Waals surface area contributed by atoms with E-state index < -0.39 is 16.0 Å². The smallest absolute Gasteiger partial charge is 0.317 e. The number of fused-ring (bicyclic) bond motifs is 1. The van der Waals surface area contributed by atoms with Gasteiger partial charge < -0.3 is 5.11 Å². The number of sulfonamides is 1. The molecular formula is C18H26N2O4S. The predicted molar refractivity (Wildman–Crippen MR) is 95.1 cm³/mol. The van der Waals surface area contributed by atoms with E-state index in [9.17, 15) is 13.2 Å². The van der Waals surface area contributed by atoms with Gasteiger partial charge >= 0.3 is 5.97 Å². The van der Waals surface area contributed by atoms with Crippen molar-refractivity contribution in [3.05, 3.63) is 29.3 Å². The van der Waals surface area contributed by atoms with Crippen LogP contribution in [0.4, 0.5) is 0 Å². The number of hydrogen-bond donors (Lipinski definition) is 1. The van der Waals surface area contributed by atoms with Crippen LogP contribution in [0.1, 0.15) is 36.8 Å². The Hall–Kier alpha value is -1.44. The van der Waals surface area contributed by atoms with Gasteiger partial charge in [0.1, 0.15) is 0 Å². The molecule has 138 valence electrons. The fourth-order valence-corrected chi connectivity index (χ4v) is 5.48. The first-order valence-electron chi connectivity index (χ1n) is 8.92. The van der Waals surface area contributed by atoms with Crippen molar-refractivity contribution in [3.8, 4) is 0 Å². The van der Waals surface area contributed by atoms with Crippen molar-refractivity contribution >= 4 is 16.0 Å². The molecule has 1 unspecified atom stereocenters. The van der Waals surface area contributed by atoms with Crippen LogP contribution in [0, 0.1) is 0 Å². The molecule has 0 aromatic heterocycles. The molecule has 1 N–H and O–H groups in total. The molecule has 6 nitrogen and oxygen atoms in total. The third kappa shape index (κ3) is 4.04. The Morgan fingerprint density at radius 1 is 1.20 bits per heavy atom. The quantitative estimate of drug-likeness (QED) is 0.859. The van der Waals surface area contributed by atoms with Gasteiger partial charge in [-0.1, -0.05) is 6.07 Å². The summed E-state index contributed by atoms with van der Waals surface area (Å²) in [5.41, 5.74) is 2.43. The molecule has 0 saturated carbocycles. The van der Waals surface area contributed by atoms with Crippen LogP contribution in [-0.4, -0.2) is 61.4 Å². The lowest BCUT2D eigenvalue weighted by Gasteiger charge is -2.25. The summed E-state index contributed by atoms with van der Waals surface area (Å²) in [6, 6.07) is 5.64. The Kier molecular flexibility index (Phi) is 5.46. The summed E-state index contributed by atoms with van der Waals surface area (Å²) in [5.74, 6) is -0.852. The van der Waals surface area contributed by atoms with Gasteiger partial charge in [0.05, 0.1) is 11.4 Å². The largest absolute Gasteiger partial charge is 0.480 e. The lowest BCUT2D eigenvalue weighted by Crippen LogP contribution is -2.37. The number of carboxylic acids is 1. The molecular weight excluding hydrogens is 340 g/mol. The minimum absolute atomic E-state index is 0.0117. The number of likely N-dealkylation sites (N-methyl/N-ethyl adjacent to an activating group) is 1. The lowest BCUT2D eigenvalue weighted by atomic mass is 10.1. The van der Waals surface area contributed by atoms with Crippen LogP contribution >= 0.6 is 0 Å². The average Bonchev–Trinajstić information content (AvgIpc) is 2.87. The zero-order valence-corrected chi connectivity index (χ0v) is 15.5. The molecule has 3 rings (SSSR count). The zero-order chi connectivity index (χ0) is 18.0. The van der Waals surface area contributed by atoms with E-state index in [-0.39, 0.29) is 12.6 Å². The molecule has 1 heterocycles. The van der Waals surface area contributed by atoms with Crippen LogP contribution in [0.25, 0.3) is 0 Å². The summed E-state index contributed by atoms with van der Waals surface area (Å²) in [5, 5.41) is 8.94. The van der Waals surface area contributed by atoms with E-state index in [1.807, 2.05) is 17.0 Å². The highest BCUT2D eigenvalue weighted by molar-refractivity contribution is 7.89. The van der Waals surface area contributed by atoms with E-state index in [0.717, 1.165) is 37.7 Å². The van der Waals surface area contributed by atoms with Crippen molar-refractivity contribution in [1.29, 1.82) is 0 Å². The molecule has 1 fully saturated rings. The van der Waals surface area contributed by atoms with Crippen LogP contribution in [0.3, 0.4) is 0 Å². The Balaban J connectivity index is 1.72. The summed E-state index contributed by atoms with van der Waals surface area (Å²) in [7, 11) is -1.69. The molecule has 1 atom stereocenters. The predicted octanol–water partition coefficient (Wildman–Crippen LogP) is 1.73. The Morgan fingerprint density at radius 2 is 1.96 bits per heavy atom. The second-order valence-corrected chi connectivity index (χ2v) is 9.02. The second kappa shape index (κ2) is 7.43. The van der Waals surface area contributed by atoms with E-state index in [4.69, 9.17) is 5.11 Å². The highest BCUT2D eigenvalue weighted by atomic mass is 32.2. The molecule has 1 aliphatic heterocycles. The number of rotatable bonds is 5. The highest BCUT2D eigenvalue weighted by Crippen LogP contribution is 2.27. The first kappa shape index (κ1) is 18.4. The average molecular weight is 366 g/mol. The van der Waals surface area contributed by atoms with Crippen molar-refractivity contribution in [2.45, 2.75) is 49.5 Å². The number of benzene rings is 1. The summed E-state index contributed by atoms with van der Waals surface area (Å²) in [6.07, 6.45) is 5.32. The second-order valence-electron chi connectivity index (χ2n) is 7.08. The molecule has 1 aromatic carbocycles. The normalized spacial score (nSPS) is 21.9. The van der Waals surface area contributed by atoms with Crippen molar-refractivity contribution in [3.63, 3.8) is 0 Å². The summed E-state index contributed by atoms with van der Waals surface area (Å²) in [4.78, 5) is 13.1. The van der Waals surface area contributed by atoms with E-state index in [0.29, 0.717) is 24.4 Å². The third-order valence-electron chi connectivity index (χ3n) is 5.37. The molecule has 7 heteroatoms. The minimum Gasteiger partial charge on any atom is -0.480 e. The molecule has 0 radical (unpaired) electrons. The van der Waals surface area contributed by atoms with Gasteiger partial charge in [-0.15, -0.1) is 0 Å². The summed E-state index contributed by atoms with van der Waals surface area (Å²) in [6.45, 7) is 0.924. The van der Waals surface area contributed by atoms with Gasteiger partial charge in [0.2, 0.25) is 10.0 Å². The van der Waals surface area contributed by atoms with Gasteiger partial charge in [0.25, 0.3) is 0 Å². The van der Waals surface area contributed by atoms with E-state index in [1.165, 1.54) is 5.56 Å². The highest BCUT2D eigenvalue weighted by Gasteiger charge is 2.30. The van der Waals surface area contributed by atoms with E-state index in [2.05, 4.69) is 0 Å². The maximum atomic E-state index is 13.0. The van der Waals surface area contributed by atoms with Crippen molar-refractivity contribution in [2.75, 3.05) is 26.7 Å². The Labute approximate surface area is 149 Å². The monoisotopic (exact) mass is 366 g/mol. The van der Waals surface area contributed by atoms with Gasteiger partial charge in [-0.05, 0) is 68.8 Å². The van der Waals surface area contributed by atoms with Gasteiger partial charge in [0.15, 0.2) is 0 Å². The van der Waals surface area contributed by atoms with E-state index in [1.54, 1.807) is 17.4 Å². The molecule has 0 spiro atoms. The molecule has 1 saturated heterocycles. The number of aryl methyl sites for hydroxylation is 2. The number of hydrogen-bond acceptors (Lipinski definition) is 4. The molecule has 0 amide bonds. The van der Waals surface area contributed by atoms with Gasteiger partial charge in [-0.25, -0.2) is 8.42 Å². The number of carboxylic acid groups (broad SMARTS) is 1. The van der Waals surface area contributed by atoms with Crippen LogP contribution in [0.5, 0.6) is 0 Å². The third-order valence-corrected chi connectivity index (χ3v) is 7.27. The molecule has 1 aliphatic carbocycles. The Bertz CT molecular complexity index is 747. The fraction of sp³-hybridized carbons (Fsp3) is 0.611. The first-order chi connectivity index (χ1) is 11.9. The first-order valence-corrected chi connectivity index (χ1v) is 10.4. The number of nitrogens with zero attached hydrogens (tertiary/aromatic N) is 2. The SMILES string of the molecule is CN(CC(=O)O)C1CCCN(S(=O)(=O)c2ccc3c(c2)CCC3)CC1. The maximum Gasteiger partial charge on any atom is 0.317 e. The Morgan fingerprint density at radius 3 is 2.72 bits per heavy atom. The topological polar surface area (TPSA) is 77.9 Å². The molecule has 1 aromatic rings. The standard InChI is InChI=1S/C18H26N2O4S/c1-19(13-18(21)22)16-6-3-10-20(11-9-16)25(23,24)17-8-7-14-4-2-5-15(14)12-17/h7-8,12,16H,2-6,9-11,13H2,1H3,(H,21,22). The van der Waals surface area contributed by atoms with Crippen molar-refractivity contribution in [2.24, 2.45) is 0 Å². The summed E-state index contributed by atoms with van der Waals surface area (Å²) < 4.78 is 27.6. The zero-order valence-electron chi connectivity index (χ0n) is 14.6. The molecule has 25 heavy (non-hydrogen) atoms. The number of aliphatic carboxylic acids is 1. The van der Waals surface area contributed by atoms with E-state index >= 15 is 0 Å². The van der Waals surface area contributed by atoms with Crippen molar-refractivity contribution < 1.29 is 18.3 Å². The molecule has 2 aliphatic rings. The van der Waals surface area contributed by atoms with Crippen LogP contribution in [0.2, 0.25) is 0 Å². The summed E-state index contributed by atoms with van der Waals surface area (Å²) >= 11 is 0. The van der Waals surface area contributed by atoms with Crippen LogP contribution in [-0.2, 0) is 27.7 Å². The van der Waals surface area contributed by atoms with Gasteiger partial charge in [0, 0.05) is 19.1 Å². The maximum absolute atomic E-state index is 13.0. The van der Waals surface area contributed by atoms with Crippen LogP contribution < -0.4 is 0 Å².